The summed E-state index contributed by atoms with van der Waals surface area (Å²) in [6, 6.07) is 3.07. The second-order valence-corrected chi connectivity index (χ2v) is 6.78. The number of hydrogen-bond acceptors (Lipinski definition) is 5. The molecule has 0 fully saturated rings. The monoisotopic (exact) mass is 257 g/mol. The van der Waals surface area contributed by atoms with E-state index in [9.17, 15) is 13.2 Å². The van der Waals surface area contributed by atoms with Crippen LogP contribution in [0.25, 0.3) is 0 Å². The Labute approximate surface area is 100 Å². The first-order valence-electron chi connectivity index (χ1n) is 4.87. The zero-order valence-corrected chi connectivity index (χ0v) is 10.7. The van der Waals surface area contributed by atoms with Crippen molar-refractivity contribution >= 4 is 27.2 Å². The van der Waals surface area contributed by atoms with Gasteiger partial charge in [-0.1, -0.05) is 0 Å². The summed E-state index contributed by atoms with van der Waals surface area (Å²) in [6.45, 7) is 2.68. The zero-order chi connectivity index (χ0) is 13.3. The standard InChI is InChI=1S/C10H15N3O3S/c1-10(2,17(3,15)16)9(14)13-8-5-4-7(11)6-12-8/h4-6H,11H2,1-3H3,(H,12,13,14). The largest absolute Gasteiger partial charge is 0.397 e. The van der Waals surface area contributed by atoms with Crippen LogP contribution in [0.15, 0.2) is 18.3 Å². The molecule has 0 spiro atoms. The van der Waals surface area contributed by atoms with Gasteiger partial charge in [0.25, 0.3) is 0 Å². The summed E-state index contributed by atoms with van der Waals surface area (Å²) in [4.78, 5) is 15.7. The highest BCUT2D eigenvalue weighted by atomic mass is 32.2. The lowest BCUT2D eigenvalue weighted by atomic mass is 10.2. The molecule has 1 heterocycles. The third kappa shape index (κ3) is 2.94. The molecular formula is C10H15N3O3S. The van der Waals surface area contributed by atoms with Crippen LogP contribution in [-0.2, 0) is 14.6 Å². The lowest BCUT2D eigenvalue weighted by Crippen LogP contribution is -2.44. The summed E-state index contributed by atoms with van der Waals surface area (Å²) < 4.78 is 21.4. The second-order valence-electron chi connectivity index (χ2n) is 4.21. The van der Waals surface area contributed by atoms with Crippen LogP contribution >= 0.6 is 0 Å². The van der Waals surface area contributed by atoms with E-state index in [1.807, 2.05) is 0 Å². The van der Waals surface area contributed by atoms with Crippen molar-refractivity contribution in [3.05, 3.63) is 18.3 Å². The Kier molecular flexibility index (Phi) is 3.42. The molecule has 1 aromatic rings. The van der Waals surface area contributed by atoms with Gasteiger partial charge in [0.2, 0.25) is 5.91 Å². The molecular weight excluding hydrogens is 242 g/mol. The molecule has 0 bridgehead atoms. The highest BCUT2D eigenvalue weighted by molar-refractivity contribution is 7.92. The molecule has 0 aliphatic heterocycles. The molecule has 1 rings (SSSR count). The Bertz CT molecular complexity index is 520. The molecule has 0 radical (unpaired) electrons. The third-order valence-electron chi connectivity index (χ3n) is 2.50. The maximum absolute atomic E-state index is 11.8. The maximum Gasteiger partial charge on any atom is 0.246 e. The number of nitrogens with one attached hydrogen (secondary N) is 1. The van der Waals surface area contributed by atoms with Gasteiger partial charge in [-0.3, -0.25) is 4.79 Å². The first kappa shape index (κ1) is 13.4. The van der Waals surface area contributed by atoms with Gasteiger partial charge in [-0.2, -0.15) is 0 Å². The van der Waals surface area contributed by atoms with Crippen molar-refractivity contribution in [3.63, 3.8) is 0 Å². The molecule has 3 N–H and O–H groups in total. The number of nitrogens with zero attached hydrogens (tertiary/aromatic N) is 1. The maximum atomic E-state index is 11.8. The van der Waals surface area contributed by atoms with E-state index in [0.717, 1.165) is 6.26 Å². The van der Waals surface area contributed by atoms with Crippen molar-refractivity contribution in [2.75, 3.05) is 17.3 Å². The average Bonchev–Trinajstić information content (AvgIpc) is 2.19. The molecule has 0 atom stereocenters. The first-order chi connectivity index (χ1) is 7.64. The number of aromatic nitrogens is 1. The SMILES string of the molecule is CC(C)(C(=O)Nc1ccc(N)cn1)S(C)(=O)=O. The highest BCUT2D eigenvalue weighted by Crippen LogP contribution is 2.17. The Morgan fingerprint density at radius 3 is 2.41 bits per heavy atom. The third-order valence-corrected chi connectivity index (χ3v) is 4.54. The number of sulfone groups is 1. The second kappa shape index (κ2) is 4.33. The normalized spacial score (nSPS) is 12.2. The predicted octanol–water partition coefficient (Wildman–Crippen LogP) is 0.426. The van der Waals surface area contributed by atoms with Crippen LogP contribution in [0.2, 0.25) is 0 Å². The Hall–Kier alpha value is -1.63. The van der Waals surface area contributed by atoms with E-state index in [2.05, 4.69) is 10.3 Å². The van der Waals surface area contributed by atoms with Crippen LogP contribution in [-0.4, -0.2) is 30.3 Å². The van der Waals surface area contributed by atoms with Gasteiger partial charge in [0.15, 0.2) is 9.84 Å². The molecule has 0 unspecified atom stereocenters. The highest BCUT2D eigenvalue weighted by Gasteiger charge is 2.38. The first-order valence-corrected chi connectivity index (χ1v) is 6.76. The minimum atomic E-state index is -3.49. The molecule has 0 saturated heterocycles. The number of amides is 1. The van der Waals surface area contributed by atoms with E-state index >= 15 is 0 Å². The van der Waals surface area contributed by atoms with Crippen molar-refractivity contribution in [3.8, 4) is 0 Å². The Morgan fingerprint density at radius 1 is 1.41 bits per heavy atom. The van der Waals surface area contributed by atoms with E-state index < -0.39 is 20.5 Å². The molecule has 6 nitrogen and oxygen atoms in total. The van der Waals surface area contributed by atoms with Gasteiger partial charge in [0.05, 0.1) is 11.9 Å². The van der Waals surface area contributed by atoms with E-state index in [0.29, 0.717) is 5.69 Å². The molecule has 1 amide bonds. The summed E-state index contributed by atoms with van der Waals surface area (Å²) >= 11 is 0. The number of nitrogens with two attached hydrogens (primary N) is 1. The fourth-order valence-electron chi connectivity index (χ4n) is 0.914. The minimum Gasteiger partial charge on any atom is -0.397 e. The smallest absolute Gasteiger partial charge is 0.246 e. The summed E-state index contributed by atoms with van der Waals surface area (Å²) in [6.07, 6.45) is 2.39. The molecule has 1 aromatic heterocycles. The zero-order valence-electron chi connectivity index (χ0n) is 9.89. The van der Waals surface area contributed by atoms with Crippen molar-refractivity contribution in [2.45, 2.75) is 18.6 Å². The number of rotatable bonds is 3. The van der Waals surface area contributed by atoms with Gasteiger partial charge >= 0.3 is 0 Å². The summed E-state index contributed by atoms with van der Waals surface area (Å²) in [5.41, 5.74) is 5.90. The van der Waals surface area contributed by atoms with E-state index in [4.69, 9.17) is 5.73 Å². The van der Waals surface area contributed by atoms with Gasteiger partial charge in [-0.15, -0.1) is 0 Å². The van der Waals surface area contributed by atoms with Crippen LogP contribution in [0.3, 0.4) is 0 Å². The Morgan fingerprint density at radius 2 is 2.00 bits per heavy atom. The van der Waals surface area contributed by atoms with E-state index in [-0.39, 0.29) is 5.82 Å². The topological polar surface area (TPSA) is 102 Å². The average molecular weight is 257 g/mol. The molecule has 7 heteroatoms. The molecule has 17 heavy (non-hydrogen) atoms. The molecule has 0 saturated carbocycles. The van der Waals surface area contributed by atoms with Crippen LogP contribution in [0.5, 0.6) is 0 Å². The van der Waals surface area contributed by atoms with Crippen LogP contribution in [0, 0.1) is 0 Å². The van der Waals surface area contributed by atoms with Crippen LogP contribution in [0.1, 0.15) is 13.8 Å². The van der Waals surface area contributed by atoms with Gasteiger partial charge in [0.1, 0.15) is 10.6 Å². The quantitative estimate of drug-likeness (QED) is 0.817. The van der Waals surface area contributed by atoms with Crippen molar-refractivity contribution in [1.82, 2.24) is 4.98 Å². The lowest BCUT2D eigenvalue weighted by molar-refractivity contribution is -0.117. The number of anilines is 2. The van der Waals surface area contributed by atoms with Crippen LogP contribution in [0.4, 0.5) is 11.5 Å². The molecule has 94 valence electrons. The fourth-order valence-corrected chi connectivity index (χ4v) is 1.30. The number of hydrogen-bond donors (Lipinski definition) is 2. The number of carbonyl (C=O) groups is 1. The number of pyridine rings is 1. The molecule has 0 aromatic carbocycles. The van der Waals surface area contributed by atoms with Crippen molar-refractivity contribution in [1.29, 1.82) is 0 Å². The van der Waals surface area contributed by atoms with E-state index in [1.54, 1.807) is 6.07 Å². The molecule has 0 aliphatic carbocycles. The van der Waals surface area contributed by atoms with E-state index in [1.165, 1.54) is 26.1 Å². The summed E-state index contributed by atoms with van der Waals surface area (Å²) in [5, 5.41) is 2.43. The number of nitrogen functional groups attached to an aromatic ring is 1. The predicted molar refractivity (Wildman–Crippen MR) is 66.2 cm³/mol. The summed E-state index contributed by atoms with van der Waals surface area (Å²) in [5.74, 6) is -0.363. The van der Waals surface area contributed by atoms with Gasteiger partial charge in [0, 0.05) is 6.26 Å². The fraction of sp³-hybridized carbons (Fsp3) is 0.400. The van der Waals surface area contributed by atoms with Gasteiger partial charge in [-0.05, 0) is 26.0 Å². The minimum absolute atomic E-state index is 0.265. The summed E-state index contributed by atoms with van der Waals surface area (Å²) in [7, 11) is -3.49. The van der Waals surface area contributed by atoms with Gasteiger partial charge < -0.3 is 11.1 Å². The van der Waals surface area contributed by atoms with Gasteiger partial charge in [-0.25, -0.2) is 13.4 Å². The number of carbonyl (C=O) groups excluding carboxylic acids is 1. The Balaban J connectivity index is 2.90. The van der Waals surface area contributed by atoms with Crippen molar-refractivity contribution < 1.29 is 13.2 Å². The molecule has 0 aliphatic rings. The van der Waals surface area contributed by atoms with Crippen LogP contribution < -0.4 is 11.1 Å². The van der Waals surface area contributed by atoms with Crippen molar-refractivity contribution in [2.24, 2.45) is 0 Å². The lowest BCUT2D eigenvalue weighted by Gasteiger charge is -2.20.